The van der Waals surface area contributed by atoms with E-state index in [-0.39, 0.29) is 5.62 Å². The lowest BCUT2D eigenvalue weighted by Crippen LogP contribution is -2.50. The number of hydrogen-bond donors (Lipinski definition) is 2. The average molecular weight is 551 g/mol. The van der Waals surface area contributed by atoms with Crippen LogP contribution in [0.15, 0.2) is 60.8 Å². The second-order valence-electron chi connectivity index (χ2n) is 10.0. The van der Waals surface area contributed by atoms with Gasteiger partial charge in [-0.2, -0.15) is 5.26 Å². The molecule has 0 saturated carbocycles. The van der Waals surface area contributed by atoms with Crippen molar-refractivity contribution in [3.05, 3.63) is 82.6 Å². The molecule has 9 nitrogen and oxygen atoms in total. The van der Waals surface area contributed by atoms with Gasteiger partial charge in [0, 0.05) is 43.6 Å². The predicted octanol–water partition coefficient (Wildman–Crippen LogP) is 4.70. The molecule has 10 heteroatoms. The first-order chi connectivity index (χ1) is 19.3. The van der Waals surface area contributed by atoms with Crippen molar-refractivity contribution in [2.45, 2.75) is 6.92 Å². The number of carbonyl (C=O) groups is 1. The zero-order valence-corrected chi connectivity index (χ0v) is 22.9. The molecule has 6 rings (SSSR count). The molecule has 2 aromatic heterocycles. The number of aromatic nitrogens is 3. The van der Waals surface area contributed by atoms with Gasteiger partial charge < -0.3 is 20.1 Å². The summed E-state index contributed by atoms with van der Waals surface area (Å²) in [6, 6.07) is 19.6. The molecule has 1 aliphatic heterocycles. The van der Waals surface area contributed by atoms with Crippen LogP contribution in [0.2, 0.25) is 5.02 Å². The number of carbonyl (C=O) groups excluding carboxylic acids is 1. The lowest BCUT2D eigenvalue weighted by atomic mass is 10.0. The van der Waals surface area contributed by atoms with Crippen LogP contribution in [0.4, 0.5) is 10.5 Å². The van der Waals surface area contributed by atoms with Crippen LogP contribution in [0.25, 0.3) is 38.8 Å². The summed E-state index contributed by atoms with van der Waals surface area (Å²) < 4.78 is 3.70. The second-order valence-corrected chi connectivity index (χ2v) is 10.5. The van der Waals surface area contributed by atoms with Gasteiger partial charge in [0.1, 0.15) is 6.07 Å². The summed E-state index contributed by atoms with van der Waals surface area (Å²) in [5, 5.41) is 20.8. The van der Waals surface area contributed by atoms with Crippen LogP contribution in [0.5, 0.6) is 0 Å². The first-order valence-corrected chi connectivity index (χ1v) is 13.3. The van der Waals surface area contributed by atoms with Crippen LogP contribution < -0.4 is 16.3 Å². The summed E-state index contributed by atoms with van der Waals surface area (Å²) in [5.74, 6) is 0. The highest BCUT2D eigenvalue weighted by molar-refractivity contribution is 6.30. The molecule has 3 aromatic carbocycles. The van der Waals surface area contributed by atoms with Crippen molar-refractivity contribution < 1.29 is 4.79 Å². The van der Waals surface area contributed by atoms with E-state index in [0.29, 0.717) is 36.8 Å². The van der Waals surface area contributed by atoms with Crippen molar-refractivity contribution in [3.8, 4) is 22.9 Å². The lowest BCUT2D eigenvalue weighted by molar-refractivity contribution is 0.204. The Morgan fingerprint density at radius 3 is 2.40 bits per heavy atom. The average Bonchev–Trinajstić information content (AvgIpc) is 3.22. The van der Waals surface area contributed by atoms with Crippen LogP contribution in [0.3, 0.4) is 0 Å². The van der Waals surface area contributed by atoms with E-state index >= 15 is 0 Å². The first kappa shape index (κ1) is 25.5. The summed E-state index contributed by atoms with van der Waals surface area (Å²) in [7, 11) is 1.85. The highest BCUT2D eigenvalue weighted by Gasteiger charge is 2.23. The fourth-order valence-corrected chi connectivity index (χ4v) is 5.64. The maximum atomic E-state index is 11.6. The van der Waals surface area contributed by atoms with Crippen LogP contribution >= 0.6 is 11.6 Å². The normalized spacial score (nSPS) is 13.7. The van der Waals surface area contributed by atoms with Crippen LogP contribution in [-0.4, -0.2) is 51.2 Å². The Balaban J connectivity index is 1.53. The molecule has 5 aromatic rings. The number of halogens is 1. The van der Waals surface area contributed by atoms with E-state index in [4.69, 9.17) is 22.7 Å². The van der Waals surface area contributed by atoms with Gasteiger partial charge in [-0.15, -0.1) is 0 Å². The third kappa shape index (κ3) is 4.14. The van der Waals surface area contributed by atoms with Gasteiger partial charge in [0.2, 0.25) is 5.62 Å². The number of nitrogens with zero attached hydrogens (tertiary/aromatic N) is 6. The monoisotopic (exact) mass is 550 g/mol. The zero-order chi connectivity index (χ0) is 28.1. The van der Waals surface area contributed by atoms with Gasteiger partial charge in [0.05, 0.1) is 39.7 Å². The quantitative estimate of drug-likeness (QED) is 0.338. The molecule has 0 aliphatic carbocycles. The Morgan fingerprint density at radius 2 is 1.73 bits per heavy atom. The number of fused-ring (bicyclic) bond motifs is 3. The number of anilines is 1. The van der Waals surface area contributed by atoms with E-state index in [9.17, 15) is 10.1 Å². The highest BCUT2D eigenvalue weighted by Crippen LogP contribution is 2.33. The summed E-state index contributed by atoms with van der Waals surface area (Å²) in [6.45, 7) is 4.18. The Morgan fingerprint density at radius 1 is 1.02 bits per heavy atom. The summed E-state index contributed by atoms with van der Waals surface area (Å²) in [6.07, 6.45) is 1.79. The molecule has 200 valence electrons. The molecule has 3 N–H and O–H groups in total. The Bertz CT molecular complexity index is 1910. The van der Waals surface area contributed by atoms with Crippen molar-refractivity contribution in [2.24, 2.45) is 12.8 Å². The van der Waals surface area contributed by atoms with E-state index in [1.165, 1.54) is 0 Å². The van der Waals surface area contributed by atoms with Crippen LogP contribution in [-0.2, 0) is 7.05 Å². The number of primary amides is 1. The van der Waals surface area contributed by atoms with Gasteiger partial charge >= 0.3 is 6.03 Å². The molecular weight excluding hydrogens is 524 g/mol. The number of piperazine rings is 1. The van der Waals surface area contributed by atoms with Crippen molar-refractivity contribution in [3.63, 3.8) is 0 Å². The largest absolute Gasteiger partial charge is 0.367 e. The lowest BCUT2D eigenvalue weighted by Gasteiger charge is -2.36. The molecular formula is C30H27ClN8O. The van der Waals surface area contributed by atoms with Crippen molar-refractivity contribution in [1.82, 2.24) is 19.0 Å². The maximum Gasteiger partial charge on any atom is 0.314 e. The van der Waals surface area contributed by atoms with E-state index in [1.807, 2.05) is 67.1 Å². The van der Waals surface area contributed by atoms with Crippen molar-refractivity contribution >= 4 is 45.3 Å². The van der Waals surface area contributed by atoms with E-state index in [1.54, 1.807) is 15.7 Å². The van der Waals surface area contributed by atoms with Gasteiger partial charge in [-0.1, -0.05) is 29.8 Å². The fraction of sp³-hybridized carbons (Fsp3) is 0.200. The Labute approximate surface area is 235 Å². The van der Waals surface area contributed by atoms with Crippen molar-refractivity contribution in [2.75, 3.05) is 31.1 Å². The number of hydrogen-bond acceptors (Lipinski definition) is 5. The van der Waals surface area contributed by atoms with Gasteiger partial charge in [-0.25, -0.2) is 4.79 Å². The fourth-order valence-electron chi connectivity index (χ4n) is 5.52. The molecule has 0 radical (unpaired) electrons. The summed E-state index contributed by atoms with van der Waals surface area (Å²) in [4.78, 5) is 20.0. The van der Waals surface area contributed by atoms with E-state index in [0.717, 1.165) is 50.0 Å². The number of amides is 2. The van der Waals surface area contributed by atoms with Crippen LogP contribution in [0.1, 0.15) is 11.1 Å². The van der Waals surface area contributed by atoms with Crippen LogP contribution in [0, 0.1) is 23.7 Å². The van der Waals surface area contributed by atoms with E-state index in [2.05, 4.69) is 22.0 Å². The van der Waals surface area contributed by atoms with Gasteiger partial charge in [-0.05, 0) is 60.0 Å². The smallest absolute Gasteiger partial charge is 0.314 e. The van der Waals surface area contributed by atoms with Crippen molar-refractivity contribution in [1.29, 1.82) is 10.7 Å². The molecule has 1 saturated heterocycles. The molecule has 40 heavy (non-hydrogen) atoms. The van der Waals surface area contributed by atoms with E-state index < -0.39 is 6.03 Å². The molecule has 0 bridgehead atoms. The number of pyridine rings is 1. The molecule has 0 unspecified atom stereocenters. The minimum Gasteiger partial charge on any atom is -0.367 e. The topological polar surface area (TPSA) is 120 Å². The number of benzene rings is 3. The number of nitrogens with one attached hydrogen (secondary N) is 1. The maximum absolute atomic E-state index is 11.6. The second kappa shape index (κ2) is 9.74. The molecule has 2 amide bonds. The van der Waals surface area contributed by atoms with Gasteiger partial charge in [0.25, 0.3) is 0 Å². The Hall–Kier alpha value is -4.81. The predicted molar refractivity (Wildman–Crippen MR) is 157 cm³/mol. The van der Waals surface area contributed by atoms with Gasteiger partial charge in [-0.3, -0.25) is 15.0 Å². The molecule has 1 fully saturated rings. The third-order valence-corrected chi connectivity index (χ3v) is 7.97. The third-order valence-electron chi connectivity index (χ3n) is 7.72. The zero-order valence-electron chi connectivity index (χ0n) is 22.1. The molecule has 0 atom stereocenters. The van der Waals surface area contributed by atoms with Gasteiger partial charge in [0.15, 0.2) is 0 Å². The summed E-state index contributed by atoms with van der Waals surface area (Å²) in [5.41, 5.74) is 13.3. The minimum atomic E-state index is -0.428. The SMILES string of the molecule is Cc1cc(N2CCN(C(N)=O)CC2)c(C#N)cc1-n1c(=N)n(C)c2cnc3ccc(-c4ccc(Cl)cc4)cc3c21. The number of nitriles is 1. The number of aryl methyl sites for hydroxylation is 2. The number of urea groups is 1. The molecule has 1 aliphatic rings. The number of rotatable bonds is 3. The first-order valence-electron chi connectivity index (χ1n) is 12.9. The molecule has 0 spiro atoms. The number of nitrogens with two attached hydrogens (primary N) is 1. The number of imidazole rings is 1. The summed E-state index contributed by atoms with van der Waals surface area (Å²) >= 11 is 6.12. The minimum absolute atomic E-state index is 0.274. The molecule has 3 heterocycles. The Kier molecular flexibility index (Phi) is 6.20. The highest BCUT2D eigenvalue weighted by atomic mass is 35.5. The standard InChI is InChI=1S/C30H27ClN8O/c1-18-13-26(37-9-11-38(12-10-37)30(34)40)21(16-32)15-25(18)39-28-23-14-20(19-3-6-22(31)7-4-19)5-8-24(23)35-17-27(28)36(2)29(39)33/h3-8,13-15,17,33H,9-12H2,1-2H3,(H2,34,40).